The summed E-state index contributed by atoms with van der Waals surface area (Å²) < 4.78 is 56.3. The molecule has 3 aromatic heterocycles. The lowest BCUT2D eigenvalue weighted by molar-refractivity contribution is 0.187. The minimum atomic E-state index is -3.85. The summed E-state index contributed by atoms with van der Waals surface area (Å²) in [6.45, 7) is 0.223. The summed E-state index contributed by atoms with van der Waals surface area (Å²) in [5.41, 5.74) is 4.34. The summed E-state index contributed by atoms with van der Waals surface area (Å²) in [7, 11) is -7.56. The van der Waals surface area contributed by atoms with Crippen LogP contribution in [0, 0.1) is 17.8 Å². The molecule has 1 fully saturated rings. The Hall–Kier alpha value is -4.12. The largest absolute Gasteiger partial charge is 0.396 e. The number of para-hydroxylation sites is 1. The van der Waals surface area contributed by atoms with Gasteiger partial charge in [-0.1, -0.05) is 30.4 Å². The van der Waals surface area contributed by atoms with Gasteiger partial charge in [-0.25, -0.2) is 26.3 Å². The predicted molar refractivity (Wildman–Crippen MR) is 181 cm³/mol. The van der Waals surface area contributed by atoms with Gasteiger partial charge in [-0.05, 0) is 60.6 Å². The van der Waals surface area contributed by atoms with Crippen LogP contribution in [-0.2, 0) is 39.6 Å². The average molecular weight is 690 g/mol. The van der Waals surface area contributed by atoms with E-state index in [1.54, 1.807) is 36.7 Å². The first-order valence-corrected chi connectivity index (χ1v) is 18.6. The Morgan fingerprint density at radius 1 is 0.833 bits per heavy atom. The Labute approximate surface area is 278 Å². The third kappa shape index (κ3) is 6.13. The van der Waals surface area contributed by atoms with E-state index in [9.17, 15) is 27.0 Å². The maximum absolute atomic E-state index is 12.8. The minimum absolute atomic E-state index is 0.0106. The molecular weight excluding hydrogens is 655 g/mol. The molecule has 250 valence electrons. The number of sulfonamides is 2. The highest BCUT2D eigenvalue weighted by Crippen LogP contribution is 2.44. The van der Waals surface area contributed by atoms with Crippen LogP contribution < -0.4 is 9.44 Å². The quantitative estimate of drug-likeness (QED) is 0.173. The third-order valence-electron chi connectivity index (χ3n) is 9.30. The highest BCUT2D eigenvalue weighted by molar-refractivity contribution is 8.05. The molecule has 5 atom stereocenters. The lowest BCUT2D eigenvalue weighted by Gasteiger charge is -2.27. The van der Waals surface area contributed by atoms with Crippen molar-refractivity contribution in [1.82, 2.24) is 24.4 Å². The van der Waals surface area contributed by atoms with E-state index < -0.39 is 26.1 Å². The maximum atomic E-state index is 12.8. The number of aliphatic imine (C=N–C) groups is 2. The fraction of sp³-hybridized carbons (Fsp3) is 0.333. The van der Waals surface area contributed by atoms with E-state index in [2.05, 4.69) is 46.5 Å². The van der Waals surface area contributed by atoms with E-state index in [1.807, 2.05) is 30.5 Å². The van der Waals surface area contributed by atoms with Gasteiger partial charge < -0.3 is 15.2 Å². The summed E-state index contributed by atoms with van der Waals surface area (Å²) >= 11 is 0. The van der Waals surface area contributed by atoms with Gasteiger partial charge in [0.05, 0.1) is 31.1 Å². The van der Waals surface area contributed by atoms with Gasteiger partial charge in [0.1, 0.15) is 0 Å². The van der Waals surface area contributed by atoms with Gasteiger partial charge >= 0.3 is 0 Å². The van der Waals surface area contributed by atoms with Crippen molar-refractivity contribution < 1.29 is 27.0 Å². The second kappa shape index (κ2) is 13.1. The van der Waals surface area contributed by atoms with Crippen LogP contribution in [0.3, 0.4) is 0 Å². The first kappa shape index (κ1) is 32.4. The van der Waals surface area contributed by atoms with Gasteiger partial charge in [0.2, 0.25) is 0 Å². The first-order valence-electron chi connectivity index (χ1n) is 15.7. The molecule has 1 aromatic carbocycles. The van der Waals surface area contributed by atoms with Crippen LogP contribution >= 0.6 is 0 Å². The maximum Gasteiger partial charge on any atom is 0.258 e. The molecule has 2 aliphatic carbocycles. The number of hydrogen-bond acceptors (Lipinski definition) is 10. The molecule has 8 rings (SSSR count). The molecule has 4 aliphatic rings. The monoisotopic (exact) mass is 689 g/mol. The molecule has 0 amide bonds. The Morgan fingerprint density at radius 3 is 2.15 bits per heavy atom. The number of aliphatic hydroxyl groups is 2. The summed E-state index contributed by atoms with van der Waals surface area (Å²) in [6.07, 6.45) is 10.5. The molecule has 0 saturated heterocycles. The number of aromatic nitrogens is 3. The van der Waals surface area contributed by atoms with Gasteiger partial charge in [-0.2, -0.15) is 0 Å². The van der Waals surface area contributed by atoms with Crippen molar-refractivity contribution in [2.75, 3.05) is 13.2 Å². The SMILES string of the molecule is O=S(=O)(NC(CO)Cc1c[nH]c2ccccc12)C1=NCc2ncccc21.O=S(=O)(NC1C2C=CC(C2)C1CO)C1=NCc2ncccc21. The predicted octanol–water partition coefficient (Wildman–Crippen LogP) is 1.79. The van der Waals surface area contributed by atoms with Crippen molar-refractivity contribution in [3.8, 4) is 0 Å². The number of benzene rings is 1. The van der Waals surface area contributed by atoms with Crippen molar-refractivity contribution in [2.45, 2.75) is 38.0 Å². The fourth-order valence-corrected chi connectivity index (χ4v) is 9.96. The van der Waals surface area contributed by atoms with E-state index >= 15 is 0 Å². The molecule has 1 saturated carbocycles. The molecule has 0 spiro atoms. The lowest BCUT2D eigenvalue weighted by Crippen LogP contribution is -2.46. The molecule has 2 bridgehead atoms. The molecule has 2 aliphatic heterocycles. The van der Waals surface area contributed by atoms with Crippen molar-refractivity contribution in [1.29, 1.82) is 0 Å². The molecule has 0 radical (unpaired) electrons. The zero-order chi connectivity index (χ0) is 33.5. The number of hydrogen-bond donors (Lipinski definition) is 5. The second-order valence-corrected chi connectivity index (χ2v) is 15.5. The van der Waals surface area contributed by atoms with Gasteiger partial charge in [0.15, 0.2) is 10.1 Å². The molecule has 48 heavy (non-hydrogen) atoms. The van der Waals surface area contributed by atoms with Crippen LogP contribution in [0.1, 0.15) is 34.5 Å². The number of aliphatic hydroxyl groups excluding tert-OH is 2. The zero-order valence-corrected chi connectivity index (χ0v) is 27.4. The number of fused-ring (bicyclic) bond motifs is 5. The lowest BCUT2D eigenvalue weighted by atomic mass is 9.90. The second-order valence-electron chi connectivity index (χ2n) is 12.2. The zero-order valence-electron chi connectivity index (χ0n) is 25.8. The number of rotatable bonds is 8. The van der Waals surface area contributed by atoms with E-state index in [0.717, 1.165) is 22.9 Å². The number of aromatic amines is 1. The van der Waals surface area contributed by atoms with Crippen molar-refractivity contribution in [3.63, 3.8) is 0 Å². The van der Waals surface area contributed by atoms with Crippen LogP contribution in [0.15, 0.2) is 89.3 Å². The van der Waals surface area contributed by atoms with Crippen LogP contribution in [0.25, 0.3) is 10.9 Å². The van der Waals surface area contributed by atoms with Gasteiger partial charge in [0, 0.05) is 65.2 Å². The normalized spacial score (nSPS) is 23.0. The van der Waals surface area contributed by atoms with Gasteiger partial charge in [-0.3, -0.25) is 20.0 Å². The molecule has 13 nitrogen and oxygen atoms in total. The van der Waals surface area contributed by atoms with E-state index in [-0.39, 0.29) is 53.6 Å². The number of H-pyrrole nitrogens is 1. The van der Waals surface area contributed by atoms with Crippen LogP contribution in [0.2, 0.25) is 0 Å². The van der Waals surface area contributed by atoms with Crippen molar-refractivity contribution in [3.05, 3.63) is 107 Å². The fourth-order valence-electron chi connectivity index (χ4n) is 7.01. The topological polar surface area (TPSA) is 199 Å². The van der Waals surface area contributed by atoms with Crippen molar-refractivity contribution in [2.24, 2.45) is 27.7 Å². The Kier molecular flexibility index (Phi) is 8.82. The number of nitrogens with zero attached hydrogens (tertiary/aromatic N) is 4. The highest BCUT2D eigenvalue weighted by atomic mass is 32.2. The van der Waals surface area contributed by atoms with Gasteiger partial charge in [-0.15, -0.1) is 0 Å². The third-order valence-corrected chi connectivity index (χ3v) is 12.2. The van der Waals surface area contributed by atoms with Crippen LogP contribution in [0.5, 0.6) is 0 Å². The number of pyridine rings is 2. The standard InChI is InChI=1S/C18H18N4O3S.C15H17N3O3S/c23-11-13(8-12-9-20-16-6-2-1-4-14(12)16)22-26(24,25)18-15-5-3-7-19-17(15)10-21-18;19-8-12-9-3-4-10(6-9)14(12)18-22(20,21)15-11-2-1-5-16-13(11)7-17-15/h1-7,9,13,20,22-23H,8,10-11H2;1-5,9-10,12,14,18-19H,6-8H2. The van der Waals surface area contributed by atoms with E-state index in [4.69, 9.17) is 0 Å². The van der Waals surface area contributed by atoms with Crippen LogP contribution in [-0.4, -0.2) is 77.4 Å². The Morgan fingerprint density at radius 2 is 1.48 bits per heavy atom. The molecule has 5 N–H and O–H groups in total. The number of allylic oxidation sites excluding steroid dienone is 1. The average Bonchev–Trinajstić information content (AvgIpc) is 3.93. The molecular formula is C33H35N7O6S2. The smallest absolute Gasteiger partial charge is 0.258 e. The van der Waals surface area contributed by atoms with E-state index in [1.165, 1.54) is 0 Å². The molecule has 4 aromatic rings. The molecule has 5 heterocycles. The summed E-state index contributed by atoms with van der Waals surface area (Å²) in [5.74, 6) is 0.370. The summed E-state index contributed by atoms with van der Waals surface area (Å²) in [5, 5.41) is 20.3. The summed E-state index contributed by atoms with van der Waals surface area (Å²) in [6, 6.07) is 13.7. The summed E-state index contributed by atoms with van der Waals surface area (Å²) in [4.78, 5) is 19.8. The Balaban J connectivity index is 0.000000154. The Bertz CT molecular complexity index is 2160. The number of nitrogens with one attached hydrogen (secondary N) is 3. The van der Waals surface area contributed by atoms with Gasteiger partial charge in [0.25, 0.3) is 20.0 Å². The van der Waals surface area contributed by atoms with E-state index in [0.29, 0.717) is 35.5 Å². The first-order chi connectivity index (χ1) is 23.2. The van der Waals surface area contributed by atoms with Crippen molar-refractivity contribution >= 4 is 41.0 Å². The highest BCUT2D eigenvalue weighted by Gasteiger charge is 2.46. The molecule has 15 heteroatoms. The minimum Gasteiger partial charge on any atom is -0.396 e. The van der Waals surface area contributed by atoms with Crippen LogP contribution in [0.4, 0.5) is 0 Å². The molecule has 5 unspecified atom stereocenters.